The number of rotatable bonds is 5. The maximum absolute atomic E-state index is 12.6. The lowest BCUT2D eigenvalue weighted by molar-refractivity contribution is -0.138. The van der Waals surface area contributed by atoms with E-state index in [2.05, 4.69) is 25.5 Å². The Kier molecular flexibility index (Phi) is 6.61. The van der Waals surface area contributed by atoms with E-state index in [4.69, 9.17) is 4.74 Å². The number of anilines is 2. The second-order valence-electron chi connectivity index (χ2n) is 7.10. The van der Waals surface area contributed by atoms with Crippen LogP contribution in [-0.4, -0.2) is 70.0 Å². The van der Waals surface area contributed by atoms with Crippen LogP contribution in [0.4, 0.5) is 29.6 Å². The van der Waals surface area contributed by atoms with E-state index in [1.807, 2.05) is 0 Å². The summed E-state index contributed by atoms with van der Waals surface area (Å²) in [5, 5.41) is 9.13. The van der Waals surface area contributed by atoms with E-state index in [0.29, 0.717) is 37.4 Å². The fourth-order valence-corrected chi connectivity index (χ4v) is 2.92. The van der Waals surface area contributed by atoms with Gasteiger partial charge in [0.25, 0.3) is 5.56 Å². The molecule has 0 bridgehead atoms. The van der Waals surface area contributed by atoms with Gasteiger partial charge in [-0.3, -0.25) is 4.79 Å². The molecule has 3 heterocycles. The van der Waals surface area contributed by atoms with E-state index in [1.54, 1.807) is 18.7 Å². The summed E-state index contributed by atoms with van der Waals surface area (Å²) in [6, 6.07) is -0.256. The molecule has 2 aromatic rings. The summed E-state index contributed by atoms with van der Waals surface area (Å²) >= 11 is 0. The third kappa shape index (κ3) is 5.61. The van der Waals surface area contributed by atoms with Gasteiger partial charge in [0.1, 0.15) is 6.61 Å². The fourth-order valence-electron chi connectivity index (χ4n) is 2.92. The largest absolute Gasteiger partial charge is 0.447 e. The Hall–Kier alpha value is -3.38. The minimum absolute atomic E-state index is 0.0767. The normalized spacial score (nSPS) is 15.5. The van der Waals surface area contributed by atoms with Crippen LogP contribution in [0.2, 0.25) is 0 Å². The summed E-state index contributed by atoms with van der Waals surface area (Å²) in [5.41, 5.74) is -0.177. The summed E-state index contributed by atoms with van der Waals surface area (Å²) in [6.07, 6.45) is -2.01. The van der Waals surface area contributed by atoms with Crippen molar-refractivity contribution in [3.63, 3.8) is 0 Å². The van der Waals surface area contributed by atoms with E-state index in [-0.39, 0.29) is 24.2 Å². The predicted octanol–water partition coefficient (Wildman–Crippen LogP) is 1.65. The summed E-state index contributed by atoms with van der Waals surface area (Å²) in [5.74, 6) is 0.181. The van der Waals surface area contributed by atoms with E-state index in [1.165, 1.54) is 11.1 Å². The first-order valence-electron chi connectivity index (χ1n) is 9.52. The summed E-state index contributed by atoms with van der Waals surface area (Å²) in [4.78, 5) is 34.6. The number of alkyl halides is 3. The van der Waals surface area contributed by atoms with Crippen molar-refractivity contribution in [2.45, 2.75) is 26.1 Å². The minimum atomic E-state index is -4.49. The highest BCUT2D eigenvalue weighted by atomic mass is 19.4. The number of aromatic nitrogens is 4. The van der Waals surface area contributed by atoms with Crippen LogP contribution in [0, 0.1) is 6.92 Å². The zero-order valence-electron chi connectivity index (χ0n) is 16.9. The lowest BCUT2D eigenvalue weighted by atomic mass is 10.2. The average Bonchev–Trinajstić information content (AvgIpc) is 2.75. The minimum Gasteiger partial charge on any atom is -0.447 e. The zero-order valence-corrected chi connectivity index (χ0v) is 16.9. The number of nitrogens with one attached hydrogen (secondary N) is 2. The highest BCUT2D eigenvalue weighted by molar-refractivity contribution is 5.68. The number of ether oxygens (including phenoxy) is 1. The lowest BCUT2D eigenvalue weighted by Crippen LogP contribution is -2.49. The maximum Gasteiger partial charge on any atom is 0.419 e. The molecule has 0 saturated carbocycles. The van der Waals surface area contributed by atoms with E-state index < -0.39 is 17.8 Å². The van der Waals surface area contributed by atoms with Crippen LogP contribution in [0.15, 0.2) is 23.4 Å². The molecule has 1 aliphatic rings. The molecule has 1 aliphatic heterocycles. The molecular formula is C18H22F3N7O3. The molecule has 13 heteroatoms. The van der Waals surface area contributed by atoms with Crippen molar-refractivity contribution in [1.82, 2.24) is 25.1 Å². The standard InChI is InChI=1S/C18H22F3N7O3/c1-11(25-14-9-24-26-15(29)12(14)2)10-31-17(30)28-5-3-27(4-6-28)16-22-7-13(8-23-16)18(19,20)21/h7-9,11H,3-6,10H2,1-2H3,(H2,25,26,29)/t11-/m1/s1. The second kappa shape index (κ2) is 9.18. The molecule has 1 amide bonds. The monoisotopic (exact) mass is 441 g/mol. The Bertz CT molecular complexity index is 957. The number of hydrogen-bond acceptors (Lipinski definition) is 8. The number of hydrogen-bond donors (Lipinski definition) is 2. The van der Waals surface area contributed by atoms with Gasteiger partial charge in [0.2, 0.25) is 5.95 Å². The van der Waals surface area contributed by atoms with Crippen LogP contribution in [0.5, 0.6) is 0 Å². The molecule has 10 nitrogen and oxygen atoms in total. The number of halogens is 3. The average molecular weight is 441 g/mol. The maximum atomic E-state index is 12.6. The van der Waals surface area contributed by atoms with E-state index >= 15 is 0 Å². The van der Waals surface area contributed by atoms with Crippen molar-refractivity contribution in [2.75, 3.05) is 43.0 Å². The fraction of sp³-hybridized carbons (Fsp3) is 0.500. The SMILES string of the molecule is Cc1c(N[C@H](C)COC(=O)N2CCN(c3ncc(C(F)(F)F)cn3)CC2)cn[nH]c1=O. The smallest absolute Gasteiger partial charge is 0.419 e. The van der Waals surface area contributed by atoms with Gasteiger partial charge in [0.15, 0.2) is 0 Å². The van der Waals surface area contributed by atoms with Gasteiger partial charge in [0.05, 0.1) is 23.5 Å². The van der Waals surface area contributed by atoms with Crippen molar-refractivity contribution in [2.24, 2.45) is 0 Å². The third-order valence-electron chi connectivity index (χ3n) is 4.75. The van der Waals surface area contributed by atoms with Gasteiger partial charge < -0.3 is 19.9 Å². The highest BCUT2D eigenvalue weighted by Crippen LogP contribution is 2.28. The molecule has 3 rings (SSSR count). The third-order valence-corrected chi connectivity index (χ3v) is 4.75. The van der Waals surface area contributed by atoms with Crippen molar-refractivity contribution >= 4 is 17.7 Å². The summed E-state index contributed by atoms with van der Waals surface area (Å²) in [7, 11) is 0. The van der Waals surface area contributed by atoms with Crippen molar-refractivity contribution in [1.29, 1.82) is 0 Å². The van der Waals surface area contributed by atoms with Crippen molar-refractivity contribution in [3.8, 4) is 0 Å². The molecular weight excluding hydrogens is 419 g/mol. The molecule has 0 spiro atoms. The summed E-state index contributed by atoms with van der Waals surface area (Å²) < 4.78 is 43.2. The van der Waals surface area contributed by atoms with Crippen LogP contribution in [-0.2, 0) is 10.9 Å². The Morgan fingerprint density at radius 2 is 1.87 bits per heavy atom. The highest BCUT2D eigenvalue weighted by Gasteiger charge is 2.32. The van der Waals surface area contributed by atoms with Gasteiger partial charge in [-0.1, -0.05) is 0 Å². The van der Waals surface area contributed by atoms with Crippen LogP contribution in [0.25, 0.3) is 0 Å². The second-order valence-corrected chi connectivity index (χ2v) is 7.10. The number of piperazine rings is 1. The molecule has 31 heavy (non-hydrogen) atoms. The van der Waals surface area contributed by atoms with Crippen molar-refractivity contribution < 1.29 is 22.7 Å². The first kappa shape index (κ1) is 22.3. The molecule has 2 N–H and O–H groups in total. The van der Waals surface area contributed by atoms with Gasteiger partial charge in [-0.05, 0) is 13.8 Å². The molecule has 0 radical (unpaired) electrons. The molecule has 1 fully saturated rings. The number of carbonyl (C=O) groups excluding carboxylic acids is 1. The number of carbonyl (C=O) groups is 1. The molecule has 1 saturated heterocycles. The van der Waals surface area contributed by atoms with E-state index in [0.717, 1.165) is 12.4 Å². The van der Waals surface area contributed by atoms with Crippen LogP contribution < -0.4 is 15.8 Å². The van der Waals surface area contributed by atoms with Gasteiger partial charge in [-0.2, -0.15) is 18.3 Å². The number of amides is 1. The number of H-pyrrole nitrogens is 1. The molecule has 0 aliphatic carbocycles. The van der Waals surface area contributed by atoms with Gasteiger partial charge in [-0.15, -0.1) is 0 Å². The topological polar surface area (TPSA) is 116 Å². The first-order valence-corrected chi connectivity index (χ1v) is 9.52. The first-order chi connectivity index (χ1) is 14.6. The quantitative estimate of drug-likeness (QED) is 0.720. The van der Waals surface area contributed by atoms with Gasteiger partial charge >= 0.3 is 12.3 Å². The summed E-state index contributed by atoms with van der Waals surface area (Å²) in [6.45, 7) is 4.91. The van der Waals surface area contributed by atoms with E-state index in [9.17, 15) is 22.8 Å². The van der Waals surface area contributed by atoms with Crippen LogP contribution >= 0.6 is 0 Å². The molecule has 0 aromatic carbocycles. The number of nitrogens with zero attached hydrogens (tertiary/aromatic N) is 5. The lowest BCUT2D eigenvalue weighted by Gasteiger charge is -2.34. The number of aromatic amines is 1. The Morgan fingerprint density at radius 3 is 2.48 bits per heavy atom. The Labute approximate surface area is 175 Å². The molecule has 0 unspecified atom stereocenters. The zero-order chi connectivity index (χ0) is 22.6. The molecule has 2 aromatic heterocycles. The molecule has 168 valence electrons. The Balaban J connectivity index is 1.45. The van der Waals surface area contributed by atoms with Crippen molar-refractivity contribution in [3.05, 3.63) is 40.1 Å². The predicted molar refractivity (Wildman–Crippen MR) is 105 cm³/mol. The van der Waals surface area contributed by atoms with Crippen LogP contribution in [0.1, 0.15) is 18.1 Å². The Morgan fingerprint density at radius 1 is 1.23 bits per heavy atom. The molecule has 1 atom stereocenters. The van der Waals surface area contributed by atoms with Crippen LogP contribution in [0.3, 0.4) is 0 Å². The van der Waals surface area contributed by atoms with Gasteiger partial charge in [-0.25, -0.2) is 19.9 Å². The van der Waals surface area contributed by atoms with Gasteiger partial charge in [0, 0.05) is 44.1 Å².